The Morgan fingerprint density at radius 3 is 2.40 bits per heavy atom. The Kier molecular flexibility index (Phi) is 5.27. The van der Waals surface area contributed by atoms with E-state index in [0.717, 1.165) is 31.2 Å². The van der Waals surface area contributed by atoms with Crippen molar-refractivity contribution in [3.8, 4) is 0 Å². The van der Waals surface area contributed by atoms with Gasteiger partial charge in [0.2, 0.25) is 5.91 Å². The van der Waals surface area contributed by atoms with E-state index in [0.29, 0.717) is 6.54 Å². The van der Waals surface area contributed by atoms with Crippen molar-refractivity contribution in [2.45, 2.75) is 26.7 Å². The van der Waals surface area contributed by atoms with E-state index in [1.54, 1.807) is 0 Å². The van der Waals surface area contributed by atoms with Gasteiger partial charge in [-0.25, -0.2) is 0 Å². The number of anilines is 2. The fourth-order valence-corrected chi connectivity index (χ4v) is 2.20. The molecule has 2 N–H and O–H groups in total. The highest BCUT2D eigenvalue weighted by atomic mass is 16.1. The Morgan fingerprint density at radius 2 is 1.85 bits per heavy atom. The molecule has 0 aromatic heterocycles. The minimum absolute atomic E-state index is 0.0738. The van der Waals surface area contributed by atoms with Crippen LogP contribution in [0.3, 0.4) is 0 Å². The number of nitrogens with zero attached hydrogens (tertiary/aromatic N) is 1. The van der Waals surface area contributed by atoms with Crippen molar-refractivity contribution in [1.82, 2.24) is 5.32 Å². The molecule has 0 unspecified atom stereocenters. The predicted octanol–water partition coefficient (Wildman–Crippen LogP) is 2.47. The van der Waals surface area contributed by atoms with Crippen LogP contribution in [0.4, 0.5) is 11.4 Å². The first-order chi connectivity index (χ1) is 9.72. The SMILES string of the molecule is CCN(CC)c1ccc(NCC(=O)NCC2CC2)cc1. The maximum Gasteiger partial charge on any atom is 0.239 e. The second-order valence-electron chi connectivity index (χ2n) is 5.32. The first-order valence-electron chi connectivity index (χ1n) is 7.58. The minimum atomic E-state index is 0.0738. The van der Waals surface area contributed by atoms with E-state index in [2.05, 4.69) is 41.5 Å². The number of rotatable bonds is 8. The van der Waals surface area contributed by atoms with Gasteiger partial charge in [-0.15, -0.1) is 0 Å². The molecule has 0 aliphatic heterocycles. The standard InChI is InChI=1S/C16H25N3O/c1-3-19(4-2)15-9-7-14(8-10-15)17-12-16(20)18-11-13-5-6-13/h7-10,13,17H,3-6,11-12H2,1-2H3,(H,18,20). The molecule has 1 fully saturated rings. The van der Waals surface area contributed by atoms with Crippen LogP contribution in [0.2, 0.25) is 0 Å². The smallest absolute Gasteiger partial charge is 0.239 e. The molecule has 0 bridgehead atoms. The Morgan fingerprint density at radius 1 is 1.20 bits per heavy atom. The molecule has 0 saturated heterocycles. The molecule has 1 aromatic rings. The fourth-order valence-electron chi connectivity index (χ4n) is 2.20. The van der Waals surface area contributed by atoms with Crippen LogP contribution < -0.4 is 15.5 Å². The van der Waals surface area contributed by atoms with Crippen LogP contribution in [0.1, 0.15) is 26.7 Å². The van der Waals surface area contributed by atoms with Crippen molar-refractivity contribution in [3.63, 3.8) is 0 Å². The van der Waals surface area contributed by atoms with E-state index < -0.39 is 0 Å². The molecule has 1 aromatic carbocycles. The number of nitrogens with one attached hydrogen (secondary N) is 2. The summed E-state index contributed by atoms with van der Waals surface area (Å²) in [4.78, 5) is 13.9. The van der Waals surface area contributed by atoms with Crippen molar-refractivity contribution < 1.29 is 4.79 Å². The van der Waals surface area contributed by atoms with Gasteiger partial charge >= 0.3 is 0 Å². The lowest BCUT2D eigenvalue weighted by atomic mass is 10.2. The van der Waals surface area contributed by atoms with Gasteiger partial charge in [0, 0.05) is 31.0 Å². The molecule has 0 heterocycles. The zero-order chi connectivity index (χ0) is 14.4. The van der Waals surface area contributed by atoms with Crippen molar-refractivity contribution in [2.75, 3.05) is 36.4 Å². The zero-order valence-electron chi connectivity index (χ0n) is 12.5. The molecule has 2 rings (SSSR count). The predicted molar refractivity (Wildman–Crippen MR) is 84.2 cm³/mol. The molecule has 4 nitrogen and oxygen atoms in total. The molecule has 1 aliphatic rings. The normalized spacial score (nSPS) is 13.9. The number of carbonyl (C=O) groups excluding carboxylic acids is 1. The molecule has 1 amide bonds. The van der Waals surface area contributed by atoms with Gasteiger partial charge in [0.1, 0.15) is 0 Å². The maximum absolute atomic E-state index is 11.6. The highest BCUT2D eigenvalue weighted by Gasteiger charge is 2.21. The Labute approximate surface area is 121 Å². The average molecular weight is 275 g/mol. The zero-order valence-corrected chi connectivity index (χ0v) is 12.5. The van der Waals surface area contributed by atoms with E-state index in [1.165, 1.54) is 18.5 Å². The number of amides is 1. The lowest BCUT2D eigenvalue weighted by Gasteiger charge is -2.21. The largest absolute Gasteiger partial charge is 0.376 e. The van der Waals surface area contributed by atoms with Crippen molar-refractivity contribution in [2.24, 2.45) is 5.92 Å². The molecule has 4 heteroatoms. The van der Waals surface area contributed by atoms with Crippen molar-refractivity contribution in [3.05, 3.63) is 24.3 Å². The third kappa shape index (κ3) is 4.44. The van der Waals surface area contributed by atoms with Crippen LogP contribution in [-0.4, -0.2) is 32.1 Å². The lowest BCUT2D eigenvalue weighted by molar-refractivity contribution is -0.119. The van der Waals surface area contributed by atoms with Gasteiger partial charge in [0.25, 0.3) is 0 Å². The quantitative estimate of drug-likeness (QED) is 0.766. The Balaban J connectivity index is 1.76. The van der Waals surface area contributed by atoms with Crippen molar-refractivity contribution >= 4 is 17.3 Å². The van der Waals surface area contributed by atoms with Gasteiger partial charge in [-0.2, -0.15) is 0 Å². The van der Waals surface area contributed by atoms with E-state index in [1.807, 2.05) is 12.1 Å². The Bertz CT molecular complexity index is 422. The molecule has 0 radical (unpaired) electrons. The summed E-state index contributed by atoms with van der Waals surface area (Å²) in [6.07, 6.45) is 2.53. The summed E-state index contributed by atoms with van der Waals surface area (Å²) in [5.41, 5.74) is 2.21. The fraction of sp³-hybridized carbons (Fsp3) is 0.562. The summed E-state index contributed by atoms with van der Waals surface area (Å²) in [6.45, 7) is 7.50. The molecular formula is C16H25N3O. The third-order valence-electron chi connectivity index (χ3n) is 3.73. The average Bonchev–Trinajstić information content (AvgIpc) is 3.30. The van der Waals surface area contributed by atoms with Crippen LogP contribution in [0, 0.1) is 5.92 Å². The summed E-state index contributed by atoms with van der Waals surface area (Å²) in [5, 5.41) is 6.11. The topological polar surface area (TPSA) is 44.4 Å². The van der Waals surface area contributed by atoms with Gasteiger partial charge in [-0.1, -0.05) is 0 Å². The number of carbonyl (C=O) groups is 1. The summed E-state index contributed by atoms with van der Waals surface area (Å²) in [5.74, 6) is 0.803. The first kappa shape index (κ1) is 14.7. The van der Waals surface area contributed by atoms with Gasteiger partial charge in [-0.3, -0.25) is 4.79 Å². The number of hydrogen-bond acceptors (Lipinski definition) is 3. The van der Waals surface area contributed by atoms with Gasteiger partial charge in [0.05, 0.1) is 6.54 Å². The number of benzene rings is 1. The second kappa shape index (κ2) is 7.17. The van der Waals surface area contributed by atoms with Crippen LogP contribution >= 0.6 is 0 Å². The maximum atomic E-state index is 11.6. The van der Waals surface area contributed by atoms with Gasteiger partial charge in [-0.05, 0) is 56.9 Å². The van der Waals surface area contributed by atoms with E-state index >= 15 is 0 Å². The first-order valence-corrected chi connectivity index (χ1v) is 7.58. The van der Waals surface area contributed by atoms with E-state index in [-0.39, 0.29) is 5.91 Å². The molecule has 0 atom stereocenters. The van der Waals surface area contributed by atoms with Crippen molar-refractivity contribution in [1.29, 1.82) is 0 Å². The highest BCUT2D eigenvalue weighted by Crippen LogP contribution is 2.27. The molecule has 1 aliphatic carbocycles. The molecule has 0 spiro atoms. The van der Waals surface area contributed by atoms with Gasteiger partial charge < -0.3 is 15.5 Å². The third-order valence-corrected chi connectivity index (χ3v) is 3.73. The lowest BCUT2D eigenvalue weighted by Crippen LogP contribution is -2.31. The van der Waals surface area contributed by atoms with Crippen LogP contribution in [0.25, 0.3) is 0 Å². The Hall–Kier alpha value is -1.71. The van der Waals surface area contributed by atoms with E-state index in [4.69, 9.17) is 0 Å². The summed E-state index contributed by atoms with van der Waals surface area (Å²) < 4.78 is 0. The van der Waals surface area contributed by atoms with Crippen LogP contribution in [0.15, 0.2) is 24.3 Å². The molecule has 1 saturated carbocycles. The van der Waals surface area contributed by atoms with Gasteiger partial charge in [0.15, 0.2) is 0 Å². The highest BCUT2D eigenvalue weighted by molar-refractivity contribution is 5.80. The second-order valence-corrected chi connectivity index (χ2v) is 5.32. The van der Waals surface area contributed by atoms with E-state index in [9.17, 15) is 4.79 Å². The minimum Gasteiger partial charge on any atom is -0.376 e. The summed E-state index contributed by atoms with van der Waals surface area (Å²) >= 11 is 0. The molecular weight excluding hydrogens is 250 g/mol. The molecule has 110 valence electrons. The molecule has 20 heavy (non-hydrogen) atoms. The number of hydrogen-bond donors (Lipinski definition) is 2. The van der Waals surface area contributed by atoms with Crippen LogP contribution in [-0.2, 0) is 4.79 Å². The van der Waals surface area contributed by atoms with Crippen LogP contribution in [0.5, 0.6) is 0 Å². The monoisotopic (exact) mass is 275 g/mol. The summed E-state index contributed by atoms with van der Waals surface area (Å²) in [6, 6.07) is 8.25. The summed E-state index contributed by atoms with van der Waals surface area (Å²) in [7, 11) is 0.